The van der Waals surface area contributed by atoms with Gasteiger partial charge in [-0.25, -0.2) is 9.37 Å². The summed E-state index contributed by atoms with van der Waals surface area (Å²) in [6.45, 7) is 0.978. The Morgan fingerprint density at radius 1 is 1.29 bits per heavy atom. The predicted octanol–water partition coefficient (Wildman–Crippen LogP) is 3.64. The van der Waals surface area contributed by atoms with Crippen LogP contribution in [0.3, 0.4) is 0 Å². The molecule has 0 spiro atoms. The molecule has 0 radical (unpaired) electrons. The van der Waals surface area contributed by atoms with Crippen LogP contribution in [-0.4, -0.2) is 49.6 Å². The van der Waals surface area contributed by atoms with Crippen molar-refractivity contribution in [3.05, 3.63) is 59.4 Å². The Morgan fingerprint density at radius 2 is 2.03 bits per heavy atom. The van der Waals surface area contributed by atoms with Gasteiger partial charge in [0.15, 0.2) is 5.78 Å². The van der Waals surface area contributed by atoms with Crippen molar-refractivity contribution in [3.63, 3.8) is 0 Å². The summed E-state index contributed by atoms with van der Waals surface area (Å²) in [6.07, 6.45) is 7.51. The van der Waals surface area contributed by atoms with Gasteiger partial charge < -0.3 is 9.67 Å². The number of piperidine rings is 1. The molecular weight excluding hydrogens is 441 g/mol. The molecule has 1 aliphatic heterocycles. The topological polar surface area (TPSA) is 75.4 Å². The van der Waals surface area contributed by atoms with Crippen LogP contribution in [0.2, 0.25) is 0 Å². The second kappa shape index (κ2) is 9.97. The molecule has 2 aromatic rings. The summed E-state index contributed by atoms with van der Waals surface area (Å²) in [5.41, 5.74) is 2.05. The number of benzene rings is 1. The quantitative estimate of drug-likeness (QED) is 0.611. The number of carbonyl (C=O) groups is 2. The molecule has 6 nitrogen and oxygen atoms in total. The first-order valence-electron chi connectivity index (χ1n) is 10.1. The molecule has 0 amide bonds. The molecular formula is C22H25ClFN3O3S. The fourth-order valence-electron chi connectivity index (χ4n) is 3.96. The first-order chi connectivity index (χ1) is 14.4. The highest BCUT2D eigenvalue weighted by molar-refractivity contribution is 7.81. The molecule has 2 fully saturated rings. The van der Waals surface area contributed by atoms with Crippen molar-refractivity contribution < 1.29 is 19.1 Å². The minimum atomic E-state index is -0.936. The van der Waals surface area contributed by atoms with E-state index in [0.29, 0.717) is 24.3 Å². The molecule has 1 aliphatic carbocycles. The Bertz CT molecular complexity index is 992. The van der Waals surface area contributed by atoms with Crippen LogP contribution in [0.4, 0.5) is 4.39 Å². The maximum Gasteiger partial charge on any atom is 0.323 e. The van der Waals surface area contributed by atoms with Crippen LogP contribution < -0.4 is 0 Å². The Morgan fingerprint density at radius 3 is 2.71 bits per heavy atom. The van der Waals surface area contributed by atoms with E-state index in [-0.39, 0.29) is 41.7 Å². The zero-order chi connectivity index (χ0) is 21.3. The molecule has 31 heavy (non-hydrogen) atoms. The standard InChI is InChI=1S/C22H24FN3O3S.ClH/c23-18-4-2-1-3-17(18)21(22(29)14-5-6-14)26-8-7-19(30)15(10-26)9-16-11-25(13-24-16)12-20(27)28;/h1-4,9,11,13-14,19,21,30H,5-8,10,12H2,(H,27,28);1H. The number of hydrogen-bond acceptors (Lipinski definition) is 5. The molecule has 2 heterocycles. The van der Waals surface area contributed by atoms with Gasteiger partial charge in [-0.1, -0.05) is 18.2 Å². The minimum absolute atomic E-state index is 0. The minimum Gasteiger partial charge on any atom is -0.480 e. The SMILES string of the molecule is Cl.O=C(O)Cn1cnc(C=C2CN(C(C(=O)C3CC3)c3ccccc3F)CCC2S)c1. The lowest BCUT2D eigenvalue weighted by Gasteiger charge is -2.37. The monoisotopic (exact) mass is 465 g/mol. The number of rotatable bonds is 7. The summed E-state index contributed by atoms with van der Waals surface area (Å²) in [4.78, 5) is 30.3. The van der Waals surface area contributed by atoms with Gasteiger partial charge in [-0.15, -0.1) is 12.4 Å². The van der Waals surface area contributed by atoms with Gasteiger partial charge in [0, 0.05) is 36.0 Å². The third kappa shape index (κ3) is 5.56. The van der Waals surface area contributed by atoms with Crippen LogP contribution in [0, 0.1) is 11.7 Å². The van der Waals surface area contributed by atoms with E-state index in [1.807, 2.05) is 11.0 Å². The first-order valence-corrected chi connectivity index (χ1v) is 10.6. The molecule has 2 aliphatic rings. The zero-order valence-electron chi connectivity index (χ0n) is 16.9. The molecule has 2 unspecified atom stereocenters. The van der Waals surface area contributed by atoms with E-state index in [1.165, 1.54) is 17.0 Å². The van der Waals surface area contributed by atoms with E-state index in [4.69, 9.17) is 5.11 Å². The Balaban J connectivity index is 0.00000272. The molecule has 1 saturated carbocycles. The average Bonchev–Trinajstić information content (AvgIpc) is 3.47. The highest BCUT2D eigenvalue weighted by atomic mass is 35.5. The third-order valence-electron chi connectivity index (χ3n) is 5.62. The van der Waals surface area contributed by atoms with Gasteiger partial charge in [-0.05, 0) is 37.0 Å². The van der Waals surface area contributed by atoms with Crippen LogP contribution in [0.1, 0.15) is 36.6 Å². The average molecular weight is 466 g/mol. The summed E-state index contributed by atoms with van der Waals surface area (Å²) in [5, 5.41) is 8.93. The number of aliphatic carboxylic acids is 1. The number of likely N-dealkylation sites (tertiary alicyclic amines) is 1. The number of carboxylic acid groups (broad SMARTS) is 1. The molecule has 1 N–H and O–H groups in total. The van der Waals surface area contributed by atoms with Crippen LogP contribution in [0.15, 0.2) is 42.4 Å². The highest BCUT2D eigenvalue weighted by Gasteiger charge is 2.40. The van der Waals surface area contributed by atoms with Gasteiger partial charge >= 0.3 is 5.97 Å². The molecule has 1 saturated heterocycles. The second-order valence-electron chi connectivity index (χ2n) is 7.96. The van der Waals surface area contributed by atoms with Crippen LogP contribution in [0.5, 0.6) is 0 Å². The van der Waals surface area contributed by atoms with E-state index in [1.54, 1.807) is 24.4 Å². The number of Topliss-reactive ketones (excluding diaryl/α,β-unsaturated/α-hetero) is 1. The summed E-state index contributed by atoms with van der Waals surface area (Å²) in [6, 6.07) is 5.90. The Labute approximate surface area is 192 Å². The smallest absolute Gasteiger partial charge is 0.323 e. The maximum absolute atomic E-state index is 14.6. The highest BCUT2D eigenvalue weighted by Crippen LogP contribution is 2.39. The summed E-state index contributed by atoms with van der Waals surface area (Å²) in [5.74, 6) is -1.19. The first kappa shape index (κ1) is 23.5. The molecule has 2 atom stereocenters. The van der Waals surface area contributed by atoms with Crippen molar-refractivity contribution in [1.29, 1.82) is 0 Å². The number of carboxylic acids is 1. The number of imidazole rings is 1. The number of nitrogens with zero attached hydrogens (tertiary/aromatic N) is 3. The number of hydrogen-bond donors (Lipinski definition) is 2. The Kier molecular flexibility index (Phi) is 7.56. The fourth-order valence-corrected chi connectivity index (χ4v) is 4.23. The van der Waals surface area contributed by atoms with Gasteiger partial charge in [-0.2, -0.15) is 12.6 Å². The van der Waals surface area contributed by atoms with Crippen molar-refractivity contribution in [1.82, 2.24) is 14.5 Å². The molecule has 4 rings (SSSR count). The van der Waals surface area contributed by atoms with Gasteiger partial charge in [0.1, 0.15) is 12.4 Å². The van der Waals surface area contributed by atoms with Gasteiger partial charge in [-0.3, -0.25) is 14.5 Å². The van der Waals surface area contributed by atoms with Crippen molar-refractivity contribution in [3.8, 4) is 0 Å². The zero-order valence-corrected chi connectivity index (χ0v) is 18.6. The van der Waals surface area contributed by atoms with Crippen LogP contribution in [0.25, 0.3) is 6.08 Å². The van der Waals surface area contributed by atoms with E-state index >= 15 is 0 Å². The molecule has 1 aromatic heterocycles. The number of carbonyl (C=O) groups excluding carboxylic acids is 1. The predicted molar refractivity (Wildman–Crippen MR) is 121 cm³/mol. The number of ketones is 1. The number of aromatic nitrogens is 2. The lowest BCUT2D eigenvalue weighted by Crippen LogP contribution is -2.42. The van der Waals surface area contributed by atoms with E-state index in [9.17, 15) is 14.0 Å². The summed E-state index contributed by atoms with van der Waals surface area (Å²) >= 11 is 4.69. The summed E-state index contributed by atoms with van der Waals surface area (Å²) < 4.78 is 16.1. The van der Waals surface area contributed by atoms with Gasteiger partial charge in [0.2, 0.25) is 0 Å². The van der Waals surface area contributed by atoms with Crippen molar-refractivity contribution in [2.24, 2.45) is 5.92 Å². The fraction of sp³-hybridized carbons (Fsp3) is 0.409. The van der Waals surface area contributed by atoms with Crippen molar-refractivity contribution in [2.75, 3.05) is 13.1 Å². The maximum atomic E-state index is 14.6. The molecule has 0 bridgehead atoms. The number of halogens is 2. The lowest BCUT2D eigenvalue weighted by molar-refractivity contribution is -0.137. The second-order valence-corrected chi connectivity index (χ2v) is 8.58. The van der Waals surface area contributed by atoms with Crippen molar-refractivity contribution >= 4 is 42.9 Å². The molecule has 166 valence electrons. The van der Waals surface area contributed by atoms with E-state index < -0.39 is 12.0 Å². The largest absolute Gasteiger partial charge is 0.480 e. The van der Waals surface area contributed by atoms with E-state index in [2.05, 4.69) is 17.6 Å². The third-order valence-corrected chi connectivity index (χ3v) is 6.21. The molecule has 9 heteroatoms. The van der Waals surface area contributed by atoms with E-state index in [0.717, 1.165) is 24.8 Å². The van der Waals surface area contributed by atoms with Crippen molar-refractivity contribution in [2.45, 2.75) is 37.1 Å². The normalized spacial score (nSPS) is 21.5. The Hall–Kier alpha value is -2.16. The van der Waals surface area contributed by atoms with Gasteiger partial charge in [0.25, 0.3) is 0 Å². The lowest BCUT2D eigenvalue weighted by atomic mass is 9.93. The van der Waals surface area contributed by atoms with Crippen LogP contribution in [-0.2, 0) is 16.1 Å². The number of thiol groups is 1. The molecule has 1 aromatic carbocycles. The van der Waals surface area contributed by atoms with Gasteiger partial charge in [0.05, 0.1) is 18.1 Å². The van der Waals surface area contributed by atoms with Crippen LogP contribution >= 0.6 is 25.0 Å². The summed E-state index contributed by atoms with van der Waals surface area (Å²) in [7, 11) is 0.